The number of carboxylic acids is 1. The second-order valence-electron chi connectivity index (χ2n) is 4.58. The van der Waals surface area contributed by atoms with Crippen molar-refractivity contribution in [1.82, 2.24) is 0 Å². The van der Waals surface area contributed by atoms with Gasteiger partial charge >= 0.3 is 12.6 Å². The number of carbonyl (C=O) groups is 1. The van der Waals surface area contributed by atoms with E-state index in [-0.39, 0.29) is 5.75 Å². The van der Waals surface area contributed by atoms with Crippen molar-refractivity contribution in [2.75, 3.05) is 0 Å². The van der Waals surface area contributed by atoms with Crippen LogP contribution in [0.2, 0.25) is 0 Å². The summed E-state index contributed by atoms with van der Waals surface area (Å²) in [6, 6.07) is 13.8. The number of para-hydroxylation sites is 1. The monoisotopic (exact) mass is 304 g/mol. The van der Waals surface area contributed by atoms with E-state index >= 15 is 0 Å². The van der Waals surface area contributed by atoms with Gasteiger partial charge in [0.2, 0.25) is 0 Å². The lowest BCUT2D eigenvalue weighted by Crippen LogP contribution is -2.04. The molecule has 0 amide bonds. The minimum Gasteiger partial charge on any atom is -0.478 e. The summed E-state index contributed by atoms with van der Waals surface area (Å²) in [4.78, 5) is 10.5. The molecule has 5 heteroatoms. The number of ether oxygens (including phenoxy) is 1. The maximum absolute atomic E-state index is 12.4. The van der Waals surface area contributed by atoms with Gasteiger partial charge in [0.05, 0.1) is 0 Å². The van der Waals surface area contributed by atoms with Gasteiger partial charge in [-0.25, -0.2) is 4.79 Å². The fourth-order valence-corrected chi connectivity index (χ4v) is 2.05. The quantitative estimate of drug-likeness (QED) is 0.821. The largest absolute Gasteiger partial charge is 0.478 e. The molecule has 0 aromatic heterocycles. The summed E-state index contributed by atoms with van der Waals surface area (Å²) in [7, 11) is 0. The molecule has 2 aromatic carbocycles. The molecule has 22 heavy (non-hydrogen) atoms. The van der Waals surface area contributed by atoms with Gasteiger partial charge in [-0.2, -0.15) is 8.78 Å². The Bertz CT molecular complexity index is 681. The van der Waals surface area contributed by atoms with Gasteiger partial charge in [0.25, 0.3) is 0 Å². The standard InChI is InChI=1S/C17H14F2O3/c18-17(19)22-15-7-2-1-6-14(15)11-13-5-3-4-12(10-13)8-9-16(20)21/h1-10,17H,11H2,(H,20,21)/b9-8+. The lowest BCUT2D eigenvalue weighted by Gasteiger charge is -2.10. The number of halogens is 2. The lowest BCUT2D eigenvalue weighted by molar-refractivity contribution is -0.131. The first kappa shape index (κ1) is 15.7. The molecule has 1 N–H and O–H groups in total. The number of carboxylic acid groups (broad SMARTS) is 1. The zero-order valence-corrected chi connectivity index (χ0v) is 11.6. The first-order valence-electron chi connectivity index (χ1n) is 6.57. The number of hydrogen-bond acceptors (Lipinski definition) is 2. The van der Waals surface area contributed by atoms with Crippen molar-refractivity contribution in [3.63, 3.8) is 0 Å². The first-order valence-corrected chi connectivity index (χ1v) is 6.57. The van der Waals surface area contributed by atoms with Crippen LogP contribution in [0.4, 0.5) is 8.78 Å². The van der Waals surface area contributed by atoms with Crippen LogP contribution in [0.1, 0.15) is 16.7 Å². The zero-order valence-electron chi connectivity index (χ0n) is 11.6. The average Bonchev–Trinajstić information content (AvgIpc) is 2.47. The Hall–Kier alpha value is -2.69. The number of benzene rings is 2. The highest BCUT2D eigenvalue weighted by Crippen LogP contribution is 2.23. The van der Waals surface area contributed by atoms with Gasteiger partial charge in [-0.3, -0.25) is 0 Å². The minimum absolute atomic E-state index is 0.143. The van der Waals surface area contributed by atoms with Crippen molar-refractivity contribution < 1.29 is 23.4 Å². The first-order chi connectivity index (χ1) is 10.5. The van der Waals surface area contributed by atoms with Crippen molar-refractivity contribution in [1.29, 1.82) is 0 Å². The highest BCUT2D eigenvalue weighted by atomic mass is 19.3. The van der Waals surface area contributed by atoms with Gasteiger partial charge in [0.15, 0.2) is 0 Å². The van der Waals surface area contributed by atoms with Crippen LogP contribution in [-0.2, 0) is 11.2 Å². The van der Waals surface area contributed by atoms with E-state index < -0.39 is 12.6 Å². The van der Waals surface area contributed by atoms with E-state index in [9.17, 15) is 13.6 Å². The molecule has 0 aliphatic carbocycles. The van der Waals surface area contributed by atoms with Crippen LogP contribution in [0, 0.1) is 0 Å². The van der Waals surface area contributed by atoms with Crippen molar-refractivity contribution >= 4 is 12.0 Å². The summed E-state index contributed by atoms with van der Waals surface area (Å²) in [5, 5.41) is 8.63. The van der Waals surface area contributed by atoms with E-state index in [0.717, 1.165) is 17.2 Å². The molecule has 0 saturated heterocycles. The van der Waals surface area contributed by atoms with Gasteiger partial charge in [0, 0.05) is 12.5 Å². The van der Waals surface area contributed by atoms with Gasteiger partial charge in [-0.15, -0.1) is 0 Å². The van der Waals surface area contributed by atoms with E-state index in [0.29, 0.717) is 12.0 Å². The Morgan fingerprint density at radius 2 is 1.95 bits per heavy atom. The topological polar surface area (TPSA) is 46.5 Å². The van der Waals surface area contributed by atoms with Crippen LogP contribution < -0.4 is 4.74 Å². The third kappa shape index (κ3) is 4.70. The molecule has 2 aromatic rings. The van der Waals surface area contributed by atoms with E-state index in [1.54, 1.807) is 36.4 Å². The van der Waals surface area contributed by atoms with Crippen molar-refractivity contribution in [3.05, 3.63) is 71.3 Å². The second kappa shape index (κ2) is 7.36. The molecule has 0 heterocycles. The average molecular weight is 304 g/mol. The van der Waals surface area contributed by atoms with E-state index in [1.165, 1.54) is 12.1 Å². The van der Waals surface area contributed by atoms with Crippen LogP contribution in [0.3, 0.4) is 0 Å². The van der Waals surface area contributed by atoms with Gasteiger partial charge in [-0.05, 0) is 28.8 Å². The minimum atomic E-state index is -2.87. The molecule has 0 bridgehead atoms. The maximum atomic E-state index is 12.4. The van der Waals surface area contributed by atoms with Crippen molar-refractivity contribution in [2.45, 2.75) is 13.0 Å². The van der Waals surface area contributed by atoms with Crippen LogP contribution in [0.5, 0.6) is 5.75 Å². The molecule has 0 aliphatic rings. The molecular weight excluding hydrogens is 290 g/mol. The Balaban J connectivity index is 2.21. The summed E-state index contributed by atoms with van der Waals surface area (Å²) < 4.78 is 29.3. The van der Waals surface area contributed by atoms with Crippen LogP contribution >= 0.6 is 0 Å². The zero-order chi connectivity index (χ0) is 15.9. The fraction of sp³-hybridized carbons (Fsp3) is 0.118. The fourth-order valence-electron chi connectivity index (χ4n) is 2.05. The molecule has 2 rings (SSSR count). The van der Waals surface area contributed by atoms with Crippen molar-refractivity contribution in [3.8, 4) is 5.75 Å². The normalized spacial score (nSPS) is 11.0. The molecule has 0 aliphatic heterocycles. The summed E-state index contributed by atoms with van der Waals surface area (Å²) in [6.45, 7) is -2.87. The molecule has 0 atom stereocenters. The molecule has 3 nitrogen and oxygen atoms in total. The maximum Gasteiger partial charge on any atom is 0.387 e. The SMILES string of the molecule is O=C(O)/C=C/c1cccc(Cc2ccccc2OC(F)F)c1. The number of hydrogen-bond donors (Lipinski definition) is 1. The van der Waals surface area contributed by atoms with Gasteiger partial charge in [0.1, 0.15) is 5.75 Å². The number of rotatable bonds is 6. The van der Waals surface area contributed by atoms with Crippen LogP contribution in [0.25, 0.3) is 6.08 Å². The van der Waals surface area contributed by atoms with Crippen LogP contribution in [0.15, 0.2) is 54.6 Å². The summed E-state index contributed by atoms with van der Waals surface area (Å²) in [5.74, 6) is -0.884. The van der Waals surface area contributed by atoms with E-state index in [1.807, 2.05) is 6.07 Å². The van der Waals surface area contributed by atoms with E-state index in [4.69, 9.17) is 5.11 Å². The molecule has 114 valence electrons. The highest BCUT2D eigenvalue weighted by Gasteiger charge is 2.09. The van der Waals surface area contributed by atoms with Crippen LogP contribution in [-0.4, -0.2) is 17.7 Å². The third-order valence-electron chi connectivity index (χ3n) is 2.95. The molecule has 0 fully saturated rings. The smallest absolute Gasteiger partial charge is 0.387 e. The Labute approximate surface area is 126 Å². The van der Waals surface area contributed by atoms with E-state index in [2.05, 4.69) is 4.74 Å². The Morgan fingerprint density at radius 1 is 1.18 bits per heavy atom. The lowest BCUT2D eigenvalue weighted by atomic mass is 10.0. The van der Waals surface area contributed by atoms with Gasteiger partial charge in [-0.1, -0.05) is 42.5 Å². The summed E-state index contributed by atoms with van der Waals surface area (Å²) >= 11 is 0. The molecule has 0 radical (unpaired) electrons. The van der Waals surface area contributed by atoms with Crippen molar-refractivity contribution in [2.24, 2.45) is 0 Å². The predicted molar refractivity (Wildman–Crippen MR) is 79.0 cm³/mol. The summed E-state index contributed by atoms with van der Waals surface area (Å²) in [6.07, 6.45) is 2.94. The molecule has 0 saturated carbocycles. The predicted octanol–water partition coefficient (Wildman–Crippen LogP) is 3.98. The third-order valence-corrected chi connectivity index (χ3v) is 2.95. The molecular formula is C17H14F2O3. The second-order valence-corrected chi connectivity index (χ2v) is 4.58. The number of alkyl halides is 2. The number of aliphatic carboxylic acids is 1. The summed E-state index contributed by atoms with van der Waals surface area (Å²) in [5.41, 5.74) is 2.24. The Kier molecular flexibility index (Phi) is 5.25. The highest BCUT2D eigenvalue weighted by molar-refractivity contribution is 5.85. The Morgan fingerprint density at radius 3 is 2.68 bits per heavy atom. The molecule has 0 spiro atoms. The molecule has 0 unspecified atom stereocenters. The van der Waals surface area contributed by atoms with Gasteiger partial charge < -0.3 is 9.84 Å².